The summed E-state index contributed by atoms with van der Waals surface area (Å²) in [6.45, 7) is 7.65. The van der Waals surface area contributed by atoms with Crippen LogP contribution in [0, 0.1) is 12.8 Å². The number of carbonyl (C=O) groups excluding carboxylic acids is 1. The van der Waals surface area contributed by atoms with Crippen molar-refractivity contribution >= 4 is 32.7 Å². The molecule has 0 spiro atoms. The number of anilines is 1. The molecule has 3 heterocycles. The van der Waals surface area contributed by atoms with E-state index in [0.29, 0.717) is 6.54 Å². The van der Waals surface area contributed by atoms with Crippen LogP contribution in [0.1, 0.15) is 32.4 Å². The number of nitrogens with zero attached hydrogens (tertiary/aromatic N) is 4. The summed E-state index contributed by atoms with van der Waals surface area (Å²) in [6, 6.07) is 7.98. The number of fused-ring (bicyclic) bond motifs is 1. The van der Waals surface area contributed by atoms with E-state index in [9.17, 15) is 4.79 Å². The summed E-state index contributed by atoms with van der Waals surface area (Å²) in [4.78, 5) is 19.6. The van der Waals surface area contributed by atoms with Gasteiger partial charge in [0.05, 0.1) is 29.1 Å². The molecule has 8 heteroatoms. The van der Waals surface area contributed by atoms with Crippen molar-refractivity contribution in [1.82, 2.24) is 20.1 Å². The predicted molar refractivity (Wildman–Crippen MR) is 116 cm³/mol. The lowest BCUT2D eigenvalue weighted by Gasteiger charge is -2.32. The van der Waals surface area contributed by atoms with E-state index >= 15 is 0 Å². The summed E-state index contributed by atoms with van der Waals surface area (Å²) in [5, 5.41) is 8.69. The molecule has 0 aliphatic carbocycles. The maximum absolute atomic E-state index is 12.5. The third-order valence-electron chi connectivity index (χ3n) is 5.19. The van der Waals surface area contributed by atoms with Gasteiger partial charge in [0.25, 0.3) is 0 Å². The minimum Gasteiger partial charge on any atom is -0.497 e. The number of benzene rings is 1. The van der Waals surface area contributed by atoms with Gasteiger partial charge in [0.2, 0.25) is 5.91 Å². The number of aryl methyl sites for hydroxylation is 1. The summed E-state index contributed by atoms with van der Waals surface area (Å²) in [6.07, 6.45) is 1.92. The molecule has 1 atom stereocenters. The number of hydrogen-bond donors (Lipinski definition) is 1. The summed E-state index contributed by atoms with van der Waals surface area (Å²) in [5.74, 6) is 0.968. The molecule has 1 aromatic carbocycles. The third kappa shape index (κ3) is 3.94. The third-order valence-corrected chi connectivity index (χ3v) is 6.40. The second-order valence-electron chi connectivity index (χ2n) is 7.79. The minimum absolute atomic E-state index is 0.0114. The number of nitrogens with one attached hydrogen (secondary N) is 1. The Balaban J connectivity index is 1.61. The average Bonchev–Trinajstić information content (AvgIpc) is 3.28. The lowest BCUT2D eigenvalue weighted by molar-refractivity contribution is -0.125. The molecule has 154 valence electrons. The quantitative estimate of drug-likeness (QED) is 0.693. The highest BCUT2D eigenvalue weighted by Gasteiger charge is 2.28. The Morgan fingerprint density at radius 2 is 2.07 bits per heavy atom. The molecule has 7 nitrogen and oxygen atoms in total. The molecule has 1 amide bonds. The molecule has 3 aromatic rings. The molecule has 29 heavy (non-hydrogen) atoms. The lowest BCUT2D eigenvalue weighted by Crippen LogP contribution is -2.44. The number of carbonyl (C=O) groups is 1. The van der Waals surface area contributed by atoms with Gasteiger partial charge in [-0.15, -0.1) is 0 Å². The highest BCUT2D eigenvalue weighted by atomic mass is 32.1. The van der Waals surface area contributed by atoms with E-state index in [-0.39, 0.29) is 17.9 Å². The number of piperidine rings is 1. The van der Waals surface area contributed by atoms with Gasteiger partial charge in [-0.05, 0) is 57.9 Å². The summed E-state index contributed by atoms with van der Waals surface area (Å²) in [5.41, 5.74) is 2.78. The van der Waals surface area contributed by atoms with Crippen LogP contribution in [0.25, 0.3) is 16.0 Å². The molecule has 1 unspecified atom stereocenters. The SMILES string of the molecule is COc1ccc(-n2nc(C)c3sc(N4CCCC(C(=O)NC(C)C)C4)nc32)cc1. The molecule has 4 rings (SSSR count). The van der Waals surface area contributed by atoms with E-state index in [1.54, 1.807) is 18.4 Å². The summed E-state index contributed by atoms with van der Waals surface area (Å²) in [7, 11) is 1.66. The van der Waals surface area contributed by atoms with E-state index in [4.69, 9.17) is 9.72 Å². The molecule has 0 bridgehead atoms. The molecular formula is C21H27N5O2S. The summed E-state index contributed by atoms with van der Waals surface area (Å²) < 4.78 is 8.23. The number of methoxy groups -OCH3 is 1. The molecule has 1 fully saturated rings. The Bertz CT molecular complexity index is 1010. The highest BCUT2D eigenvalue weighted by molar-refractivity contribution is 7.22. The van der Waals surface area contributed by atoms with Crippen molar-refractivity contribution < 1.29 is 9.53 Å². The first-order chi connectivity index (χ1) is 14.0. The van der Waals surface area contributed by atoms with E-state index < -0.39 is 0 Å². The average molecular weight is 414 g/mol. The van der Waals surface area contributed by atoms with Crippen molar-refractivity contribution in [2.24, 2.45) is 5.92 Å². The van der Waals surface area contributed by atoms with Gasteiger partial charge in [-0.2, -0.15) is 10.1 Å². The van der Waals surface area contributed by atoms with Gasteiger partial charge in [0, 0.05) is 19.1 Å². The van der Waals surface area contributed by atoms with Crippen LogP contribution >= 0.6 is 11.3 Å². The standard InChI is InChI=1S/C21H27N5O2S/c1-13(2)22-20(27)15-6-5-11-25(12-15)21-23-19-18(29-21)14(3)24-26(19)16-7-9-17(28-4)10-8-16/h7-10,13,15H,5-6,11-12H2,1-4H3,(H,22,27). The monoisotopic (exact) mass is 413 g/mol. The van der Waals surface area contributed by atoms with Gasteiger partial charge in [-0.3, -0.25) is 4.79 Å². The molecule has 1 aliphatic rings. The molecule has 1 saturated heterocycles. The van der Waals surface area contributed by atoms with Gasteiger partial charge < -0.3 is 15.0 Å². The van der Waals surface area contributed by atoms with Crippen LogP contribution in [0.3, 0.4) is 0 Å². The van der Waals surface area contributed by atoms with Crippen molar-refractivity contribution in [3.63, 3.8) is 0 Å². The molecule has 1 N–H and O–H groups in total. The van der Waals surface area contributed by atoms with Gasteiger partial charge in [0.1, 0.15) is 5.75 Å². The lowest BCUT2D eigenvalue weighted by atomic mass is 9.97. The Labute approximate surface area is 174 Å². The molecule has 1 aliphatic heterocycles. The topological polar surface area (TPSA) is 72.3 Å². The van der Waals surface area contributed by atoms with Crippen molar-refractivity contribution in [3.8, 4) is 11.4 Å². The maximum Gasteiger partial charge on any atom is 0.225 e. The zero-order valence-electron chi connectivity index (χ0n) is 17.3. The van der Waals surface area contributed by atoms with Crippen molar-refractivity contribution in [2.75, 3.05) is 25.1 Å². The number of amides is 1. The van der Waals surface area contributed by atoms with E-state index in [0.717, 1.165) is 52.0 Å². The molecule has 2 aromatic heterocycles. The number of thiazole rings is 1. The van der Waals surface area contributed by atoms with E-state index in [1.165, 1.54) is 0 Å². The van der Waals surface area contributed by atoms with Crippen LogP contribution in [0.5, 0.6) is 5.75 Å². The van der Waals surface area contributed by atoms with Gasteiger partial charge in [0.15, 0.2) is 10.8 Å². The first-order valence-electron chi connectivity index (χ1n) is 10.0. The fourth-order valence-electron chi connectivity index (χ4n) is 3.73. The van der Waals surface area contributed by atoms with Crippen molar-refractivity contribution in [2.45, 2.75) is 39.7 Å². The molecular weight excluding hydrogens is 386 g/mol. The largest absolute Gasteiger partial charge is 0.497 e. The minimum atomic E-state index is 0.0114. The second kappa shape index (κ2) is 8.02. The van der Waals surface area contributed by atoms with E-state index in [2.05, 4.69) is 15.3 Å². The van der Waals surface area contributed by atoms with Gasteiger partial charge in [-0.25, -0.2) is 4.68 Å². The van der Waals surface area contributed by atoms with Crippen LogP contribution in [0.4, 0.5) is 5.13 Å². The maximum atomic E-state index is 12.5. The predicted octanol–water partition coefficient (Wildman–Crippen LogP) is 3.54. The van der Waals surface area contributed by atoms with Crippen molar-refractivity contribution in [1.29, 1.82) is 0 Å². The first kappa shape index (κ1) is 19.7. The van der Waals surface area contributed by atoms with Crippen LogP contribution in [-0.4, -0.2) is 46.9 Å². The van der Waals surface area contributed by atoms with E-state index in [1.807, 2.05) is 49.7 Å². The Morgan fingerprint density at radius 1 is 1.31 bits per heavy atom. The Kier molecular flexibility index (Phi) is 5.45. The van der Waals surface area contributed by atoms with Crippen LogP contribution in [0.15, 0.2) is 24.3 Å². The van der Waals surface area contributed by atoms with Gasteiger partial charge >= 0.3 is 0 Å². The molecule has 0 saturated carbocycles. The number of aromatic nitrogens is 3. The number of ether oxygens (including phenoxy) is 1. The Hall–Kier alpha value is -2.61. The Morgan fingerprint density at radius 3 is 2.76 bits per heavy atom. The zero-order chi connectivity index (χ0) is 20.5. The normalized spacial score (nSPS) is 17.1. The second-order valence-corrected chi connectivity index (χ2v) is 8.77. The fourth-order valence-corrected chi connectivity index (χ4v) is 4.75. The van der Waals surface area contributed by atoms with Crippen LogP contribution in [0.2, 0.25) is 0 Å². The van der Waals surface area contributed by atoms with Crippen LogP contribution < -0.4 is 15.0 Å². The first-order valence-corrected chi connectivity index (χ1v) is 10.8. The molecule has 0 radical (unpaired) electrons. The van der Waals surface area contributed by atoms with Gasteiger partial charge in [-0.1, -0.05) is 11.3 Å². The number of rotatable bonds is 5. The van der Waals surface area contributed by atoms with Crippen LogP contribution in [-0.2, 0) is 4.79 Å². The zero-order valence-corrected chi connectivity index (χ0v) is 18.1. The number of hydrogen-bond acceptors (Lipinski definition) is 6. The summed E-state index contributed by atoms with van der Waals surface area (Å²) >= 11 is 1.66. The van der Waals surface area contributed by atoms with Crippen molar-refractivity contribution in [3.05, 3.63) is 30.0 Å². The fraction of sp³-hybridized carbons (Fsp3) is 0.476. The smallest absolute Gasteiger partial charge is 0.225 e. The highest BCUT2D eigenvalue weighted by Crippen LogP contribution is 2.34.